The van der Waals surface area contributed by atoms with Crippen molar-refractivity contribution < 1.29 is 9.59 Å². The van der Waals surface area contributed by atoms with Crippen LogP contribution >= 0.6 is 0 Å². The average molecular weight is 376 g/mol. The number of aromatic nitrogens is 2. The molecule has 28 heavy (non-hydrogen) atoms. The van der Waals surface area contributed by atoms with E-state index >= 15 is 0 Å². The molecule has 0 bridgehead atoms. The Kier molecular flexibility index (Phi) is 5.89. The van der Waals surface area contributed by atoms with Crippen molar-refractivity contribution in [2.24, 2.45) is 7.05 Å². The first-order chi connectivity index (χ1) is 13.6. The van der Waals surface area contributed by atoms with E-state index in [0.29, 0.717) is 30.2 Å². The van der Waals surface area contributed by atoms with Crippen LogP contribution in [0.15, 0.2) is 60.8 Å². The molecule has 3 rings (SSSR count). The topological polar surface area (TPSA) is 67.2 Å². The quantitative estimate of drug-likeness (QED) is 0.711. The number of nitrogens with one attached hydrogen (secondary N) is 1. The second kappa shape index (κ2) is 8.52. The molecule has 6 heteroatoms. The van der Waals surface area contributed by atoms with Crippen LogP contribution in [0.4, 0.5) is 5.95 Å². The van der Waals surface area contributed by atoms with E-state index in [1.807, 2.05) is 55.8 Å². The molecule has 0 aliphatic carbocycles. The molecule has 6 nitrogen and oxygen atoms in total. The fraction of sp³-hybridized carbons (Fsp3) is 0.227. The van der Waals surface area contributed by atoms with E-state index < -0.39 is 0 Å². The zero-order valence-electron chi connectivity index (χ0n) is 16.3. The van der Waals surface area contributed by atoms with Crippen molar-refractivity contribution in [2.75, 3.05) is 18.4 Å². The first-order valence-electron chi connectivity index (χ1n) is 9.33. The lowest BCUT2D eigenvalue weighted by molar-refractivity contribution is 0.0768. The van der Waals surface area contributed by atoms with E-state index in [1.54, 1.807) is 35.4 Å². The van der Waals surface area contributed by atoms with E-state index in [0.717, 1.165) is 11.3 Å². The van der Waals surface area contributed by atoms with Crippen molar-refractivity contribution in [3.05, 3.63) is 71.9 Å². The monoisotopic (exact) mass is 376 g/mol. The number of hydrogen-bond acceptors (Lipinski definition) is 3. The molecule has 0 aliphatic heterocycles. The SMILES string of the molecule is CCN(CC)C(=O)c1ccccc1C(=O)Nc1ncc(-c2ccccc2)n1C. The van der Waals surface area contributed by atoms with Gasteiger partial charge < -0.3 is 9.47 Å². The van der Waals surface area contributed by atoms with Crippen LogP contribution in [0.5, 0.6) is 0 Å². The molecular weight excluding hydrogens is 352 g/mol. The Bertz CT molecular complexity index is 975. The zero-order valence-corrected chi connectivity index (χ0v) is 16.3. The second-order valence-corrected chi connectivity index (χ2v) is 6.37. The van der Waals surface area contributed by atoms with E-state index in [-0.39, 0.29) is 11.8 Å². The minimum absolute atomic E-state index is 0.152. The summed E-state index contributed by atoms with van der Waals surface area (Å²) < 4.78 is 1.82. The summed E-state index contributed by atoms with van der Waals surface area (Å²) >= 11 is 0. The summed E-state index contributed by atoms with van der Waals surface area (Å²) in [5.41, 5.74) is 2.63. The molecule has 0 spiro atoms. The van der Waals surface area contributed by atoms with Gasteiger partial charge in [0.15, 0.2) is 0 Å². The van der Waals surface area contributed by atoms with Crippen molar-refractivity contribution >= 4 is 17.8 Å². The first kappa shape index (κ1) is 19.4. The lowest BCUT2D eigenvalue weighted by Gasteiger charge is -2.20. The molecule has 0 saturated heterocycles. The molecular formula is C22H24N4O2. The highest BCUT2D eigenvalue weighted by atomic mass is 16.2. The molecule has 0 aliphatic rings. The highest BCUT2D eigenvalue weighted by Crippen LogP contribution is 2.22. The maximum atomic E-state index is 12.9. The van der Waals surface area contributed by atoms with E-state index in [2.05, 4.69) is 10.3 Å². The molecule has 1 aromatic heterocycles. The Balaban J connectivity index is 1.87. The van der Waals surface area contributed by atoms with Crippen LogP contribution in [0.25, 0.3) is 11.3 Å². The molecule has 144 valence electrons. The van der Waals surface area contributed by atoms with E-state index in [9.17, 15) is 9.59 Å². The summed E-state index contributed by atoms with van der Waals surface area (Å²) in [5, 5.41) is 2.83. The number of hydrogen-bond donors (Lipinski definition) is 1. The standard InChI is InChI=1S/C22H24N4O2/c1-4-26(5-2)21(28)18-14-10-9-13-17(18)20(27)24-22-23-15-19(25(22)3)16-11-7-6-8-12-16/h6-15H,4-5H2,1-3H3,(H,23,24,27). The highest BCUT2D eigenvalue weighted by molar-refractivity contribution is 6.11. The molecule has 3 aromatic rings. The average Bonchev–Trinajstić information content (AvgIpc) is 3.09. The van der Waals surface area contributed by atoms with Gasteiger partial charge in [0.1, 0.15) is 0 Å². The second-order valence-electron chi connectivity index (χ2n) is 6.37. The predicted molar refractivity (Wildman–Crippen MR) is 110 cm³/mol. The summed E-state index contributed by atoms with van der Waals surface area (Å²) in [6, 6.07) is 16.7. The van der Waals surface area contributed by atoms with E-state index in [1.165, 1.54) is 0 Å². The normalized spacial score (nSPS) is 10.5. The highest BCUT2D eigenvalue weighted by Gasteiger charge is 2.21. The smallest absolute Gasteiger partial charge is 0.258 e. The number of imidazole rings is 1. The zero-order chi connectivity index (χ0) is 20.1. The maximum Gasteiger partial charge on any atom is 0.258 e. The van der Waals surface area contributed by atoms with Crippen LogP contribution in [-0.2, 0) is 7.05 Å². The van der Waals surface area contributed by atoms with Crippen molar-refractivity contribution in [2.45, 2.75) is 13.8 Å². The van der Waals surface area contributed by atoms with E-state index in [4.69, 9.17) is 0 Å². The molecule has 0 atom stereocenters. The van der Waals surface area contributed by atoms with Crippen LogP contribution in [-0.4, -0.2) is 39.4 Å². The van der Waals surface area contributed by atoms with Crippen molar-refractivity contribution in [3.8, 4) is 11.3 Å². The molecule has 0 saturated carbocycles. The molecule has 0 fully saturated rings. The van der Waals surface area contributed by atoms with Crippen molar-refractivity contribution in [1.82, 2.24) is 14.5 Å². The molecule has 2 amide bonds. The fourth-order valence-corrected chi connectivity index (χ4v) is 3.12. The number of amides is 2. The molecule has 0 unspecified atom stereocenters. The van der Waals surface area contributed by atoms with Crippen LogP contribution < -0.4 is 5.32 Å². The lowest BCUT2D eigenvalue weighted by atomic mass is 10.1. The summed E-state index contributed by atoms with van der Waals surface area (Å²) in [4.78, 5) is 31.7. The summed E-state index contributed by atoms with van der Waals surface area (Å²) in [7, 11) is 1.85. The van der Waals surface area contributed by atoms with Gasteiger partial charge in [0.2, 0.25) is 5.95 Å². The van der Waals surface area contributed by atoms with Crippen LogP contribution in [0.2, 0.25) is 0 Å². The van der Waals surface area contributed by atoms with Gasteiger partial charge in [0, 0.05) is 20.1 Å². The third kappa shape index (κ3) is 3.81. The number of rotatable bonds is 6. The number of benzene rings is 2. The van der Waals surface area contributed by atoms with Gasteiger partial charge in [-0.25, -0.2) is 4.98 Å². The predicted octanol–water partition coefficient (Wildman–Crippen LogP) is 3.82. The van der Waals surface area contributed by atoms with Crippen LogP contribution in [0.3, 0.4) is 0 Å². The minimum Gasteiger partial charge on any atom is -0.339 e. The van der Waals surface area contributed by atoms with Gasteiger partial charge in [0.05, 0.1) is 23.0 Å². The van der Waals surface area contributed by atoms with Crippen molar-refractivity contribution in [1.29, 1.82) is 0 Å². The summed E-state index contributed by atoms with van der Waals surface area (Å²) in [6.45, 7) is 5.02. The third-order valence-electron chi connectivity index (χ3n) is 4.74. The number of nitrogens with zero attached hydrogens (tertiary/aromatic N) is 3. The minimum atomic E-state index is -0.357. The van der Waals surface area contributed by atoms with Crippen LogP contribution in [0, 0.1) is 0 Å². The van der Waals surface area contributed by atoms with Gasteiger partial charge in [0.25, 0.3) is 11.8 Å². The summed E-state index contributed by atoms with van der Waals surface area (Å²) in [6.07, 6.45) is 1.72. The number of anilines is 1. The molecule has 1 N–H and O–H groups in total. The van der Waals surface area contributed by atoms with Gasteiger partial charge in [-0.2, -0.15) is 0 Å². The molecule has 0 radical (unpaired) electrons. The number of carbonyl (C=O) groups is 2. The van der Waals surface area contributed by atoms with Gasteiger partial charge in [-0.1, -0.05) is 42.5 Å². The van der Waals surface area contributed by atoms with Gasteiger partial charge >= 0.3 is 0 Å². The lowest BCUT2D eigenvalue weighted by Crippen LogP contribution is -2.32. The number of carbonyl (C=O) groups excluding carboxylic acids is 2. The maximum absolute atomic E-state index is 12.9. The Morgan fingerprint density at radius 2 is 1.57 bits per heavy atom. The Morgan fingerprint density at radius 3 is 2.21 bits per heavy atom. The van der Waals surface area contributed by atoms with Gasteiger partial charge in [-0.05, 0) is 31.5 Å². The Labute approximate surface area is 164 Å². The fourth-order valence-electron chi connectivity index (χ4n) is 3.12. The largest absolute Gasteiger partial charge is 0.339 e. The Morgan fingerprint density at radius 1 is 0.964 bits per heavy atom. The molecule has 1 heterocycles. The Hall–Kier alpha value is -3.41. The van der Waals surface area contributed by atoms with Crippen LogP contribution in [0.1, 0.15) is 34.6 Å². The van der Waals surface area contributed by atoms with Gasteiger partial charge in [-0.3, -0.25) is 14.9 Å². The molecule has 2 aromatic carbocycles. The first-order valence-corrected chi connectivity index (χ1v) is 9.33. The van der Waals surface area contributed by atoms with Gasteiger partial charge in [-0.15, -0.1) is 0 Å². The third-order valence-corrected chi connectivity index (χ3v) is 4.74. The van der Waals surface area contributed by atoms with Crippen molar-refractivity contribution in [3.63, 3.8) is 0 Å². The summed E-state index contributed by atoms with van der Waals surface area (Å²) in [5.74, 6) is -0.0843.